The Balaban J connectivity index is 1.73. The van der Waals surface area contributed by atoms with Crippen LogP contribution in [0.5, 0.6) is 5.75 Å². The van der Waals surface area contributed by atoms with Crippen LogP contribution in [-0.2, 0) is 21.6 Å². The van der Waals surface area contributed by atoms with Gasteiger partial charge >= 0.3 is 5.69 Å². The van der Waals surface area contributed by atoms with Crippen LogP contribution < -0.4 is 21.3 Å². The van der Waals surface area contributed by atoms with Crippen molar-refractivity contribution in [3.63, 3.8) is 0 Å². The molecule has 2 N–H and O–H groups in total. The lowest BCUT2D eigenvalue weighted by Crippen LogP contribution is -2.57. The summed E-state index contributed by atoms with van der Waals surface area (Å²) in [5.74, 6) is 0.176. The zero-order valence-electron chi connectivity index (χ0n) is 26.6. The number of carbonyl (C=O) groups excluding carboxylic acids is 1. The van der Waals surface area contributed by atoms with Crippen molar-refractivity contribution in [3.8, 4) is 10.8 Å². The number of aromatic nitrogens is 5. The van der Waals surface area contributed by atoms with Gasteiger partial charge in [-0.05, 0) is 65.9 Å². The molecule has 12 nitrogen and oxygen atoms in total. The van der Waals surface area contributed by atoms with E-state index in [2.05, 4.69) is 15.5 Å². The number of benzene rings is 1. The lowest BCUT2D eigenvalue weighted by molar-refractivity contribution is -0.129. The molecule has 1 aliphatic rings. The lowest BCUT2D eigenvalue weighted by atomic mass is 9.94. The molecule has 1 amide bonds. The van der Waals surface area contributed by atoms with Gasteiger partial charge in [0.2, 0.25) is 5.91 Å². The Morgan fingerprint density at radius 3 is 2.47 bits per heavy atom. The minimum absolute atomic E-state index is 0.0457. The van der Waals surface area contributed by atoms with Crippen LogP contribution in [0, 0.1) is 6.92 Å². The molecule has 0 bridgehead atoms. The number of hydrogen-bond donors (Lipinski definition) is 2. The maximum Gasteiger partial charge on any atom is 0.333 e. The van der Waals surface area contributed by atoms with Gasteiger partial charge in [0.1, 0.15) is 27.2 Å². The van der Waals surface area contributed by atoms with E-state index in [4.69, 9.17) is 9.47 Å². The first-order valence-electron chi connectivity index (χ1n) is 15.4. The maximum atomic E-state index is 14.6. The highest BCUT2D eigenvalue weighted by molar-refractivity contribution is 7.21. The van der Waals surface area contributed by atoms with Gasteiger partial charge in [-0.15, -0.1) is 4.80 Å². The van der Waals surface area contributed by atoms with Crippen molar-refractivity contribution in [1.82, 2.24) is 29.4 Å². The molecule has 1 saturated carbocycles. The Kier molecular flexibility index (Phi) is 9.61. The van der Waals surface area contributed by atoms with E-state index in [9.17, 15) is 19.5 Å². The van der Waals surface area contributed by atoms with Crippen molar-refractivity contribution in [1.29, 1.82) is 0 Å². The fourth-order valence-corrected chi connectivity index (χ4v) is 7.05. The average Bonchev–Trinajstić information content (AvgIpc) is 3.67. The van der Waals surface area contributed by atoms with Crippen molar-refractivity contribution in [2.75, 3.05) is 7.11 Å². The maximum absolute atomic E-state index is 14.6. The Hall–Kier alpha value is -3.81. The van der Waals surface area contributed by atoms with Gasteiger partial charge in [0.15, 0.2) is 0 Å². The van der Waals surface area contributed by atoms with Crippen LogP contribution in [0.3, 0.4) is 0 Å². The Labute approximate surface area is 265 Å². The van der Waals surface area contributed by atoms with Gasteiger partial charge in [0, 0.05) is 17.2 Å². The van der Waals surface area contributed by atoms with Crippen LogP contribution in [0.1, 0.15) is 77.0 Å². The molecule has 1 aliphatic carbocycles. The fourth-order valence-electron chi connectivity index (χ4n) is 5.83. The minimum Gasteiger partial charge on any atom is -0.496 e. The van der Waals surface area contributed by atoms with Gasteiger partial charge in [-0.25, -0.2) is 9.36 Å². The van der Waals surface area contributed by atoms with Crippen LogP contribution in [0.4, 0.5) is 0 Å². The first-order valence-corrected chi connectivity index (χ1v) is 16.2. The topological polar surface area (TPSA) is 143 Å². The van der Waals surface area contributed by atoms with Gasteiger partial charge in [-0.3, -0.25) is 14.2 Å². The highest BCUT2D eigenvalue weighted by atomic mass is 32.1. The molecule has 1 unspecified atom stereocenters. The number of ether oxygens (including phenoxy) is 2. The second kappa shape index (κ2) is 13.3. The average molecular weight is 639 g/mol. The molecule has 0 saturated heterocycles. The molecule has 13 heteroatoms. The number of aliphatic hydroxyl groups is 1. The zero-order chi connectivity index (χ0) is 32.5. The van der Waals surface area contributed by atoms with Crippen molar-refractivity contribution in [2.24, 2.45) is 0 Å². The van der Waals surface area contributed by atoms with Gasteiger partial charge < -0.3 is 19.9 Å². The fraction of sp³-hybridized carbons (Fsp3) is 0.531. The number of hydrogen-bond acceptors (Lipinski definition) is 9. The monoisotopic (exact) mass is 638 g/mol. The third-order valence-corrected chi connectivity index (χ3v) is 10.0. The molecule has 3 aromatic heterocycles. The number of thiophene rings is 1. The Morgan fingerprint density at radius 1 is 1.16 bits per heavy atom. The summed E-state index contributed by atoms with van der Waals surface area (Å²) in [5.41, 5.74) is -1.33. The lowest BCUT2D eigenvalue weighted by Gasteiger charge is -2.32. The third kappa shape index (κ3) is 6.34. The van der Waals surface area contributed by atoms with Crippen molar-refractivity contribution >= 4 is 27.5 Å². The molecular weight excluding hydrogens is 596 g/mol. The highest BCUT2D eigenvalue weighted by Gasteiger charge is 2.37. The number of aryl methyl sites for hydroxylation is 1. The summed E-state index contributed by atoms with van der Waals surface area (Å²) in [4.78, 5) is 44.3. The molecule has 0 radical (unpaired) electrons. The molecule has 1 aromatic carbocycles. The quantitative estimate of drug-likeness (QED) is 0.253. The van der Waals surface area contributed by atoms with Gasteiger partial charge in [-0.1, -0.05) is 36.5 Å². The first-order chi connectivity index (χ1) is 21.5. The van der Waals surface area contributed by atoms with Gasteiger partial charge in [0.25, 0.3) is 5.56 Å². The normalized spacial score (nSPS) is 18.6. The molecule has 4 aromatic rings. The summed E-state index contributed by atoms with van der Waals surface area (Å²) in [6.45, 7) is 8.85. The zero-order valence-corrected chi connectivity index (χ0v) is 27.5. The van der Waals surface area contributed by atoms with Gasteiger partial charge in [-0.2, -0.15) is 10.2 Å². The first kappa shape index (κ1) is 32.6. The summed E-state index contributed by atoms with van der Waals surface area (Å²) in [5, 5.41) is 22.5. The van der Waals surface area contributed by atoms with E-state index in [1.807, 2.05) is 38.1 Å². The SMILES string of the molecule is CCC(C)NC(=O)C(C)(C)n1c(=O)c2c(C)c(-n3nccn3)sc2n(C[C@H](OC2CCC(O)CC2)c2ccccc2OC)c1=O. The summed E-state index contributed by atoms with van der Waals surface area (Å²) in [6.07, 6.45) is 5.25. The number of amides is 1. The van der Waals surface area contributed by atoms with E-state index in [0.29, 0.717) is 58.6 Å². The summed E-state index contributed by atoms with van der Waals surface area (Å²) in [7, 11) is 1.59. The van der Waals surface area contributed by atoms with Crippen molar-refractivity contribution < 1.29 is 19.4 Å². The molecular formula is C32H42N6O6S. The van der Waals surface area contributed by atoms with Crippen LogP contribution in [0.25, 0.3) is 15.2 Å². The van der Waals surface area contributed by atoms with Crippen LogP contribution >= 0.6 is 11.3 Å². The van der Waals surface area contributed by atoms with E-state index in [0.717, 1.165) is 10.1 Å². The van der Waals surface area contributed by atoms with E-state index in [-0.39, 0.29) is 24.8 Å². The predicted molar refractivity (Wildman–Crippen MR) is 172 cm³/mol. The minimum atomic E-state index is -1.51. The molecule has 242 valence electrons. The molecule has 3 heterocycles. The van der Waals surface area contributed by atoms with E-state index in [1.165, 1.54) is 20.7 Å². The number of para-hydroxylation sites is 1. The summed E-state index contributed by atoms with van der Waals surface area (Å²) >= 11 is 1.24. The summed E-state index contributed by atoms with van der Waals surface area (Å²) in [6, 6.07) is 7.36. The standard InChI is InChI=1S/C32H42N6O6S/c1-7-19(2)35-30(41)32(4,5)37-27(40)26-20(3)28(38-33-16-17-34-38)45-29(26)36(31(37)42)18-25(23-10-8-9-11-24(23)43-6)44-22-14-12-21(39)13-15-22/h8-11,16-17,19,21-22,25,39H,7,12-15,18H2,1-6H3,(H,35,41)/t19?,21?,22?,25-/m0/s1. The summed E-state index contributed by atoms with van der Waals surface area (Å²) < 4.78 is 15.0. The second-order valence-electron chi connectivity index (χ2n) is 12.2. The van der Waals surface area contributed by atoms with Crippen LogP contribution in [0.15, 0.2) is 46.2 Å². The smallest absolute Gasteiger partial charge is 0.333 e. The van der Waals surface area contributed by atoms with E-state index < -0.39 is 28.8 Å². The number of methoxy groups -OCH3 is 1. The molecule has 0 spiro atoms. The van der Waals surface area contributed by atoms with Gasteiger partial charge in [0.05, 0.1) is 43.6 Å². The van der Waals surface area contributed by atoms with Crippen LogP contribution in [-0.4, -0.2) is 60.5 Å². The van der Waals surface area contributed by atoms with Crippen molar-refractivity contribution in [3.05, 3.63) is 68.6 Å². The second-order valence-corrected chi connectivity index (χ2v) is 13.2. The largest absolute Gasteiger partial charge is 0.496 e. The number of rotatable bonds is 11. The number of nitrogens with zero attached hydrogens (tertiary/aromatic N) is 5. The number of nitrogens with one attached hydrogen (secondary N) is 1. The Bertz CT molecular complexity index is 1770. The van der Waals surface area contributed by atoms with Crippen molar-refractivity contribution in [2.45, 2.75) is 103 Å². The van der Waals surface area contributed by atoms with E-state index in [1.54, 1.807) is 40.3 Å². The van der Waals surface area contributed by atoms with E-state index >= 15 is 0 Å². The molecule has 45 heavy (non-hydrogen) atoms. The number of fused-ring (bicyclic) bond motifs is 1. The molecule has 1 fully saturated rings. The number of aliphatic hydroxyl groups excluding tert-OH is 1. The highest BCUT2D eigenvalue weighted by Crippen LogP contribution is 2.36. The Morgan fingerprint density at radius 2 is 1.82 bits per heavy atom. The molecule has 0 aliphatic heterocycles. The number of carbonyl (C=O) groups is 1. The third-order valence-electron chi connectivity index (χ3n) is 8.73. The molecule has 2 atom stereocenters. The molecule has 5 rings (SSSR count). The van der Waals surface area contributed by atoms with Crippen LogP contribution in [0.2, 0.25) is 0 Å². The predicted octanol–water partition coefficient (Wildman–Crippen LogP) is 3.83.